The standard InChI is InChI=1S/C13H16N4O3/c1-18-8-4-5-9(10(6-8)19-2)15-11-7-12(20-3)17-13(14)16-11/h4-7H,1-3H3,(H3,14,15,16,17). The van der Waals surface area contributed by atoms with E-state index in [1.165, 1.54) is 7.11 Å². The molecule has 0 saturated heterocycles. The molecule has 0 unspecified atom stereocenters. The van der Waals surface area contributed by atoms with Gasteiger partial charge in [-0.25, -0.2) is 0 Å². The Hall–Kier alpha value is -2.70. The summed E-state index contributed by atoms with van der Waals surface area (Å²) in [6, 6.07) is 7.04. The Morgan fingerprint density at radius 2 is 1.80 bits per heavy atom. The van der Waals surface area contributed by atoms with Crippen LogP contribution in [0.2, 0.25) is 0 Å². The summed E-state index contributed by atoms with van der Waals surface area (Å²) in [5.41, 5.74) is 6.34. The predicted molar refractivity (Wildman–Crippen MR) is 75.8 cm³/mol. The SMILES string of the molecule is COc1ccc(Nc2cc(OC)nc(N)n2)c(OC)c1. The number of nitrogens with two attached hydrogens (primary N) is 1. The molecule has 3 N–H and O–H groups in total. The van der Waals surface area contributed by atoms with Gasteiger partial charge in [-0.05, 0) is 12.1 Å². The normalized spacial score (nSPS) is 9.95. The molecule has 0 atom stereocenters. The minimum atomic E-state index is 0.124. The fourth-order valence-corrected chi connectivity index (χ4v) is 1.65. The Balaban J connectivity index is 2.31. The van der Waals surface area contributed by atoms with Crippen LogP contribution in [0.15, 0.2) is 24.3 Å². The number of hydrogen-bond donors (Lipinski definition) is 2. The highest BCUT2D eigenvalue weighted by Gasteiger charge is 2.08. The van der Waals surface area contributed by atoms with Crippen LogP contribution in [0, 0.1) is 0 Å². The largest absolute Gasteiger partial charge is 0.497 e. The summed E-state index contributed by atoms with van der Waals surface area (Å²) >= 11 is 0. The van der Waals surface area contributed by atoms with Crippen LogP contribution in [0.5, 0.6) is 17.4 Å². The molecule has 0 spiro atoms. The van der Waals surface area contributed by atoms with Crippen molar-refractivity contribution in [3.63, 3.8) is 0 Å². The van der Waals surface area contributed by atoms with Crippen molar-refractivity contribution >= 4 is 17.5 Å². The van der Waals surface area contributed by atoms with Crippen molar-refractivity contribution in [2.24, 2.45) is 0 Å². The van der Waals surface area contributed by atoms with E-state index in [-0.39, 0.29) is 5.95 Å². The molecule has 20 heavy (non-hydrogen) atoms. The Morgan fingerprint density at radius 3 is 2.45 bits per heavy atom. The molecule has 1 aromatic carbocycles. The quantitative estimate of drug-likeness (QED) is 0.860. The highest BCUT2D eigenvalue weighted by atomic mass is 16.5. The molecule has 2 rings (SSSR count). The minimum absolute atomic E-state index is 0.124. The first-order valence-corrected chi connectivity index (χ1v) is 5.84. The smallest absolute Gasteiger partial charge is 0.225 e. The molecular formula is C13H16N4O3. The molecule has 7 heteroatoms. The minimum Gasteiger partial charge on any atom is -0.497 e. The van der Waals surface area contributed by atoms with Crippen LogP contribution in [-0.2, 0) is 0 Å². The summed E-state index contributed by atoms with van der Waals surface area (Å²) in [7, 11) is 4.69. The van der Waals surface area contributed by atoms with Crippen LogP contribution in [0.3, 0.4) is 0 Å². The maximum Gasteiger partial charge on any atom is 0.225 e. The molecular weight excluding hydrogens is 260 g/mol. The summed E-state index contributed by atoms with van der Waals surface area (Å²) < 4.78 is 15.5. The summed E-state index contributed by atoms with van der Waals surface area (Å²) in [4.78, 5) is 8.00. The lowest BCUT2D eigenvalue weighted by Gasteiger charge is -2.12. The topological polar surface area (TPSA) is 91.5 Å². The van der Waals surface area contributed by atoms with E-state index in [0.717, 1.165) is 5.69 Å². The lowest BCUT2D eigenvalue weighted by atomic mass is 10.2. The number of benzene rings is 1. The van der Waals surface area contributed by atoms with Crippen molar-refractivity contribution in [2.75, 3.05) is 32.4 Å². The molecule has 7 nitrogen and oxygen atoms in total. The van der Waals surface area contributed by atoms with Crippen molar-refractivity contribution < 1.29 is 14.2 Å². The van der Waals surface area contributed by atoms with Gasteiger partial charge in [0.1, 0.15) is 17.3 Å². The second-order valence-electron chi connectivity index (χ2n) is 3.84. The second-order valence-corrected chi connectivity index (χ2v) is 3.84. The number of nitrogen functional groups attached to an aromatic ring is 1. The molecule has 106 valence electrons. The summed E-state index contributed by atoms with van der Waals surface area (Å²) in [5.74, 6) is 2.34. The molecule has 0 saturated carbocycles. The second kappa shape index (κ2) is 5.96. The number of hydrogen-bond acceptors (Lipinski definition) is 7. The molecule has 0 amide bonds. The van der Waals surface area contributed by atoms with Gasteiger partial charge in [-0.2, -0.15) is 9.97 Å². The Kier molecular flexibility index (Phi) is 4.09. The van der Waals surface area contributed by atoms with Gasteiger partial charge in [0.25, 0.3) is 0 Å². The van der Waals surface area contributed by atoms with Crippen LogP contribution in [0.4, 0.5) is 17.5 Å². The van der Waals surface area contributed by atoms with Crippen molar-refractivity contribution in [2.45, 2.75) is 0 Å². The molecule has 2 aromatic rings. The van der Waals surface area contributed by atoms with Crippen LogP contribution in [-0.4, -0.2) is 31.3 Å². The van der Waals surface area contributed by atoms with Gasteiger partial charge in [0.2, 0.25) is 11.8 Å². The molecule has 0 aliphatic carbocycles. The van der Waals surface area contributed by atoms with E-state index < -0.39 is 0 Å². The van der Waals surface area contributed by atoms with E-state index in [0.29, 0.717) is 23.2 Å². The number of ether oxygens (including phenoxy) is 3. The highest BCUT2D eigenvalue weighted by molar-refractivity contribution is 5.66. The van der Waals surface area contributed by atoms with E-state index in [4.69, 9.17) is 19.9 Å². The van der Waals surface area contributed by atoms with Gasteiger partial charge in [-0.3, -0.25) is 0 Å². The molecule has 1 aromatic heterocycles. The number of aromatic nitrogens is 2. The van der Waals surface area contributed by atoms with Gasteiger partial charge in [-0.15, -0.1) is 0 Å². The fourth-order valence-electron chi connectivity index (χ4n) is 1.65. The molecule has 1 heterocycles. The summed E-state index contributed by atoms with van der Waals surface area (Å²) in [6.45, 7) is 0. The fraction of sp³-hybridized carbons (Fsp3) is 0.231. The average molecular weight is 276 g/mol. The van der Waals surface area contributed by atoms with Crippen LogP contribution in [0.25, 0.3) is 0 Å². The van der Waals surface area contributed by atoms with Gasteiger partial charge in [0.15, 0.2) is 0 Å². The average Bonchev–Trinajstić information content (AvgIpc) is 2.47. The zero-order valence-electron chi connectivity index (χ0n) is 11.5. The number of methoxy groups -OCH3 is 3. The third kappa shape index (κ3) is 3.00. The summed E-state index contributed by atoms with van der Waals surface area (Å²) in [5, 5.41) is 3.10. The maximum atomic E-state index is 5.61. The van der Waals surface area contributed by atoms with Crippen molar-refractivity contribution in [3.05, 3.63) is 24.3 Å². The van der Waals surface area contributed by atoms with Crippen molar-refractivity contribution in [1.29, 1.82) is 0 Å². The third-order valence-electron chi connectivity index (χ3n) is 2.60. The Labute approximate surface area is 116 Å². The zero-order valence-corrected chi connectivity index (χ0v) is 11.5. The van der Waals surface area contributed by atoms with Gasteiger partial charge in [0.05, 0.1) is 27.0 Å². The van der Waals surface area contributed by atoms with Gasteiger partial charge < -0.3 is 25.3 Å². The first kappa shape index (κ1) is 13.7. The Morgan fingerprint density at radius 1 is 1.00 bits per heavy atom. The van der Waals surface area contributed by atoms with E-state index in [1.807, 2.05) is 12.1 Å². The molecule has 0 radical (unpaired) electrons. The number of nitrogens with zero attached hydrogens (tertiary/aromatic N) is 2. The first-order valence-electron chi connectivity index (χ1n) is 5.84. The maximum absolute atomic E-state index is 5.61. The molecule has 0 aliphatic rings. The predicted octanol–water partition coefficient (Wildman–Crippen LogP) is 1.83. The number of nitrogens with one attached hydrogen (secondary N) is 1. The van der Waals surface area contributed by atoms with E-state index in [2.05, 4.69) is 15.3 Å². The van der Waals surface area contributed by atoms with E-state index in [9.17, 15) is 0 Å². The van der Waals surface area contributed by atoms with Crippen LogP contribution < -0.4 is 25.3 Å². The van der Waals surface area contributed by atoms with Gasteiger partial charge in [-0.1, -0.05) is 0 Å². The number of rotatable bonds is 5. The van der Waals surface area contributed by atoms with E-state index in [1.54, 1.807) is 26.4 Å². The van der Waals surface area contributed by atoms with E-state index >= 15 is 0 Å². The Bertz CT molecular complexity index is 604. The van der Waals surface area contributed by atoms with Crippen molar-refractivity contribution in [3.8, 4) is 17.4 Å². The highest BCUT2D eigenvalue weighted by Crippen LogP contribution is 2.31. The monoisotopic (exact) mass is 276 g/mol. The molecule has 0 fully saturated rings. The van der Waals surface area contributed by atoms with Crippen LogP contribution >= 0.6 is 0 Å². The molecule has 0 aliphatic heterocycles. The lowest BCUT2D eigenvalue weighted by Crippen LogP contribution is -2.02. The van der Waals surface area contributed by atoms with Gasteiger partial charge in [0, 0.05) is 12.1 Å². The summed E-state index contributed by atoms with van der Waals surface area (Å²) in [6.07, 6.45) is 0. The zero-order chi connectivity index (χ0) is 14.5. The third-order valence-corrected chi connectivity index (χ3v) is 2.60. The van der Waals surface area contributed by atoms with Crippen LogP contribution in [0.1, 0.15) is 0 Å². The number of anilines is 3. The van der Waals surface area contributed by atoms with Crippen molar-refractivity contribution in [1.82, 2.24) is 9.97 Å². The first-order chi connectivity index (χ1) is 9.66. The van der Waals surface area contributed by atoms with Gasteiger partial charge >= 0.3 is 0 Å². The lowest BCUT2D eigenvalue weighted by molar-refractivity contribution is 0.395. The molecule has 0 bridgehead atoms.